The molecule has 0 amide bonds. The maximum atomic E-state index is 12.1. The summed E-state index contributed by atoms with van der Waals surface area (Å²) < 4.78 is 29.0. The number of hydrogen-bond donors (Lipinski definition) is 0. The first kappa shape index (κ1) is 7.92. The van der Waals surface area contributed by atoms with Gasteiger partial charge in [0.2, 0.25) is 6.43 Å². The summed E-state index contributed by atoms with van der Waals surface area (Å²) in [5, 5.41) is 0. The van der Waals surface area contributed by atoms with E-state index < -0.39 is 12.3 Å². The van der Waals surface area contributed by atoms with Crippen LogP contribution in [-0.4, -0.2) is 19.6 Å². The molecule has 3 heteroatoms. The standard InChI is InChI=1S/C7H11F2O/c1-10-6-4-2-3-5(6)7(8)9/h4-7H,2-3H2,1H3. The molecule has 1 rings (SSSR count). The lowest BCUT2D eigenvalue weighted by Gasteiger charge is -2.15. The van der Waals surface area contributed by atoms with Gasteiger partial charge in [-0.25, -0.2) is 8.78 Å². The summed E-state index contributed by atoms with van der Waals surface area (Å²) in [6, 6.07) is 0. The first-order valence-corrected chi connectivity index (χ1v) is 3.40. The summed E-state index contributed by atoms with van der Waals surface area (Å²) in [7, 11) is 1.47. The van der Waals surface area contributed by atoms with Gasteiger partial charge in [-0.05, 0) is 19.3 Å². The van der Waals surface area contributed by atoms with Crippen LogP contribution >= 0.6 is 0 Å². The fraction of sp³-hybridized carbons (Fsp3) is 0.857. The monoisotopic (exact) mass is 149 g/mol. The molecule has 1 saturated carbocycles. The Kier molecular flexibility index (Phi) is 2.60. The van der Waals surface area contributed by atoms with Gasteiger partial charge in [-0.3, -0.25) is 0 Å². The van der Waals surface area contributed by atoms with Crippen molar-refractivity contribution in [1.29, 1.82) is 0 Å². The third-order valence-corrected chi connectivity index (χ3v) is 1.92. The van der Waals surface area contributed by atoms with Crippen molar-refractivity contribution >= 4 is 0 Å². The first-order chi connectivity index (χ1) is 4.75. The highest BCUT2D eigenvalue weighted by molar-refractivity contribution is 4.92. The van der Waals surface area contributed by atoms with Crippen LogP contribution in [0.4, 0.5) is 8.78 Å². The normalized spacial score (nSPS) is 33.6. The van der Waals surface area contributed by atoms with Crippen LogP contribution in [0.1, 0.15) is 12.8 Å². The van der Waals surface area contributed by atoms with Gasteiger partial charge < -0.3 is 4.74 Å². The molecule has 0 aliphatic heterocycles. The molecule has 1 aliphatic rings. The molecule has 1 aliphatic carbocycles. The third-order valence-electron chi connectivity index (χ3n) is 1.92. The van der Waals surface area contributed by atoms with Gasteiger partial charge in [0, 0.05) is 13.0 Å². The fourth-order valence-corrected chi connectivity index (χ4v) is 1.33. The number of methoxy groups -OCH3 is 1. The second-order valence-corrected chi connectivity index (χ2v) is 2.51. The topological polar surface area (TPSA) is 9.23 Å². The van der Waals surface area contributed by atoms with E-state index in [9.17, 15) is 8.78 Å². The second kappa shape index (κ2) is 3.28. The van der Waals surface area contributed by atoms with Crippen LogP contribution in [-0.2, 0) is 4.74 Å². The lowest BCUT2D eigenvalue weighted by Crippen LogP contribution is -2.22. The number of hydrogen-bond acceptors (Lipinski definition) is 1. The van der Waals surface area contributed by atoms with Crippen LogP contribution in [0.15, 0.2) is 0 Å². The van der Waals surface area contributed by atoms with Crippen LogP contribution in [0.3, 0.4) is 0 Å². The van der Waals surface area contributed by atoms with Crippen molar-refractivity contribution in [1.82, 2.24) is 0 Å². The molecule has 0 aromatic heterocycles. The van der Waals surface area contributed by atoms with E-state index in [-0.39, 0.29) is 6.10 Å². The molecule has 2 atom stereocenters. The fourth-order valence-electron chi connectivity index (χ4n) is 1.33. The van der Waals surface area contributed by atoms with Crippen LogP contribution in [0, 0.1) is 12.3 Å². The molecule has 0 saturated heterocycles. The molecular weight excluding hydrogens is 138 g/mol. The number of alkyl halides is 2. The highest BCUT2D eigenvalue weighted by Gasteiger charge is 2.34. The molecule has 10 heavy (non-hydrogen) atoms. The Morgan fingerprint density at radius 1 is 1.60 bits per heavy atom. The van der Waals surface area contributed by atoms with Crippen LogP contribution in [0.2, 0.25) is 0 Å². The van der Waals surface area contributed by atoms with Crippen molar-refractivity contribution in [2.24, 2.45) is 5.92 Å². The van der Waals surface area contributed by atoms with E-state index in [0.29, 0.717) is 6.42 Å². The van der Waals surface area contributed by atoms with Crippen molar-refractivity contribution in [2.75, 3.05) is 7.11 Å². The van der Waals surface area contributed by atoms with Gasteiger partial charge in [-0.15, -0.1) is 0 Å². The first-order valence-electron chi connectivity index (χ1n) is 3.40. The second-order valence-electron chi connectivity index (χ2n) is 2.51. The average molecular weight is 149 g/mol. The summed E-state index contributed by atoms with van der Waals surface area (Å²) in [5.74, 6) is -0.565. The Balaban J connectivity index is 2.42. The molecule has 59 valence electrons. The quantitative estimate of drug-likeness (QED) is 0.582. The summed E-state index contributed by atoms with van der Waals surface area (Å²) in [6.45, 7) is 0. The molecular formula is C7H11F2O. The van der Waals surface area contributed by atoms with Crippen LogP contribution in [0.25, 0.3) is 0 Å². The van der Waals surface area contributed by atoms with E-state index in [4.69, 9.17) is 4.74 Å². The van der Waals surface area contributed by atoms with Gasteiger partial charge >= 0.3 is 0 Å². The summed E-state index contributed by atoms with van der Waals surface area (Å²) in [5.41, 5.74) is 0. The predicted molar refractivity (Wildman–Crippen MR) is 33.8 cm³/mol. The summed E-state index contributed by atoms with van der Waals surface area (Å²) >= 11 is 0. The maximum Gasteiger partial charge on any atom is 0.243 e. The third kappa shape index (κ3) is 1.45. The molecule has 0 heterocycles. The zero-order chi connectivity index (χ0) is 7.56. The summed E-state index contributed by atoms with van der Waals surface area (Å²) in [4.78, 5) is 0. The van der Waals surface area contributed by atoms with Gasteiger partial charge in [-0.2, -0.15) is 0 Å². The van der Waals surface area contributed by atoms with Crippen molar-refractivity contribution in [3.05, 3.63) is 6.42 Å². The SMILES string of the molecule is COC1[CH]CCC1C(F)F. The lowest BCUT2D eigenvalue weighted by atomic mass is 10.1. The van der Waals surface area contributed by atoms with Crippen LogP contribution in [0.5, 0.6) is 0 Å². The molecule has 0 spiro atoms. The number of rotatable bonds is 2. The van der Waals surface area contributed by atoms with E-state index in [2.05, 4.69) is 0 Å². The van der Waals surface area contributed by atoms with Gasteiger partial charge in [0.25, 0.3) is 0 Å². The number of ether oxygens (including phenoxy) is 1. The Hall–Kier alpha value is -0.180. The van der Waals surface area contributed by atoms with Crippen molar-refractivity contribution in [3.63, 3.8) is 0 Å². The Morgan fingerprint density at radius 2 is 2.30 bits per heavy atom. The van der Waals surface area contributed by atoms with Crippen LogP contribution < -0.4 is 0 Å². The zero-order valence-corrected chi connectivity index (χ0v) is 5.89. The molecule has 0 aromatic rings. The van der Waals surface area contributed by atoms with Gasteiger partial charge in [0.1, 0.15) is 0 Å². The highest BCUT2D eigenvalue weighted by atomic mass is 19.3. The van der Waals surface area contributed by atoms with E-state index in [1.54, 1.807) is 0 Å². The minimum Gasteiger partial charge on any atom is -0.381 e. The molecule has 1 fully saturated rings. The van der Waals surface area contributed by atoms with E-state index in [1.165, 1.54) is 7.11 Å². The Morgan fingerprint density at radius 3 is 2.70 bits per heavy atom. The van der Waals surface area contributed by atoms with E-state index in [1.807, 2.05) is 6.42 Å². The Bertz CT molecular complexity index is 106. The number of halogens is 2. The average Bonchev–Trinajstić information content (AvgIpc) is 2.33. The zero-order valence-electron chi connectivity index (χ0n) is 5.89. The molecule has 2 unspecified atom stereocenters. The van der Waals surface area contributed by atoms with Gasteiger partial charge in [0.15, 0.2) is 0 Å². The predicted octanol–water partition coefficient (Wildman–Crippen LogP) is 1.88. The smallest absolute Gasteiger partial charge is 0.243 e. The minimum atomic E-state index is -2.23. The van der Waals surface area contributed by atoms with Crippen molar-refractivity contribution in [2.45, 2.75) is 25.4 Å². The Labute approximate surface area is 59.4 Å². The molecule has 1 radical (unpaired) electrons. The maximum absolute atomic E-state index is 12.1. The van der Waals surface area contributed by atoms with E-state index in [0.717, 1.165) is 6.42 Å². The van der Waals surface area contributed by atoms with Gasteiger partial charge in [0.05, 0.1) is 6.10 Å². The van der Waals surface area contributed by atoms with Gasteiger partial charge in [-0.1, -0.05) is 0 Å². The highest BCUT2D eigenvalue weighted by Crippen LogP contribution is 2.31. The molecule has 1 nitrogen and oxygen atoms in total. The largest absolute Gasteiger partial charge is 0.381 e. The van der Waals surface area contributed by atoms with E-state index >= 15 is 0 Å². The van der Waals surface area contributed by atoms with Crippen molar-refractivity contribution < 1.29 is 13.5 Å². The minimum absolute atomic E-state index is 0.319. The molecule has 0 N–H and O–H groups in total. The molecule has 0 bridgehead atoms. The summed E-state index contributed by atoms with van der Waals surface area (Å²) in [6.07, 6.45) is 0.587. The van der Waals surface area contributed by atoms with Crippen molar-refractivity contribution in [3.8, 4) is 0 Å². The lowest BCUT2D eigenvalue weighted by molar-refractivity contribution is -0.00111. The molecule has 0 aromatic carbocycles.